The fourth-order valence-corrected chi connectivity index (χ4v) is 3.43. The predicted molar refractivity (Wildman–Crippen MR) is 68.8 cm³/mol. The molecule has 4 heterocycles. The van der Waals surface area contributed by atoms with E-state index < -0.39 is 42.4 Å². The predicted octanol–water partition coefficient (Wildman–Crippen LogP) is -0.601. The van der Waals surface area contributed by atoms with Gasteiger partial charge in [0.25, 0.3) is 0 Å². The van der Waals surface area contributed by atoms with Crippen molar-refractivity contribution in [2.45, 2.75) is 56.7 Å². The molecule has 1 aromatic heterocycles. The summed E-state index contributed by atoms with van der Waals surface area (Å²) in [5.74, 6) is -1.35. The van der Waals surface area contributed by atoms with Crippen LogP contribution in [-0.2, 0) is 25.4 Å². The number of ether oxygens (including phenoxy) is 4. The molecule has 0 aliphatic carbocycles. The molecule has 0 unspecified atom stereocenters. The van der Waals surface area contributed by atoms with Crippen molar-refractivity contribution in [1.82, 2.24) is 15.0 Å². The standard InChI is InChI=1S/C13H17N3O6/c1-13(2)21-10-8-9(20-12(10)22-13)6(17)4-5-7(11(18)19-3)14-15-16(5)8/h6,8-10,12,17H,4H2,1-3H3/t6-,8+,9-,10-,12-/m1/s1. The van der Waals surface area contributed by atoms with Crippen LogP contribution in [0.25, 0.3) is 0 Å². The second-order valence-corrected chi connectivity index (χ2v) is 6.15. The largest absolute Gasteiger partial charge is 0.464 e. The lowest BCUT2D eigenvalue weighted by atomic mass is 9.94. The van der Waals surface area contributed by atoms with E-state index >= 15 is 0 Å². The lowest BCUT2D eigenvalue weighted by Gasteiger charge is -2.33. The monoisotopic (exact) mass is 311 g/mol. The first-order valence-electron chi connectivity index (χ1n) is 7.13. The lowest BCUT2D eigenvalue weighted by molar-refractivity contribution is -0.221. The van der Waals surface area contributed by atoms with Crippen LogP contribution < -0.4 is 0 Å². The smallest absolute Gasteiger partial charge is 0.360 e. The van der Waals surface area contributed by atoms with Crippen LogP contribution in [0.4, 0.5) is 0 Å². The molecular formula is C13H17N3O6. The Balaban J connectivity index is 1.75. The number of aliphatic hydroxyl groups excluding tert-OH is 1. The van der Waals surface area contributed by atoms with Gasteiger partial charge in [-0.15, -0.1) is 5.10 Å². The summed E-state index contributed by atoms with van der Waals surface area (Å²) < 4.78 is 23.7. The van der Waals surface area contributed by atoms with Gasteiger partial charge in [0.2, 0.25) is 0 Å². The quantitative estimate of drug-likeness (QED) is 0.685. The molecule has 5 atom stereocenters. The number of aromatic nitrogens is 3. The normalized spacial score (nSPS) is 38.3. The van der Waals surface area contributed by atoms with E-state index in [4.69, 9.17) is 18.9 Å². The molecule has 22 heavy (non-hydrogen) atoms. The van der Waals surface area contributed by atoms with Crippen molar-refractivity contribution in [3.05, 3.63) is 11.4 Å². The van der Waals surface area contributed by atoms with Crippen molar-refractivity contribution in [1.29, 1.82) is 0 Å². The van der Waals surface area contributed by atoms with Gasteiger partial charge in [-0.25, -0.2) is 9.48 Å². The number of rotatable bonds is 1. The first-order valence-corrected chi connectivity index (χ1v) is 7.13. The third kappa shape index (κ3) is 1.83. The van der Waals surface area contributed by atoms with E-state index in [-0.39, 0.29) is 12.1 Å². The van der Waals surface area contributed by atoms with Gasteiger partial charge in [0.15, 0.2) is 17.8 Å². The SMILES string of the molecule is COC(=O)c1nnn2c1C[C@@H](O)[C@H]1O[C@@H]3OC(C)(C)O[C@@H]3[C@H]12. The Morgan fingerprint density at radius 1 is 1.41 bits per heavy atom. The summed E-state index contributed by atoms with van der Waals surface area (Å²) in [6, 6.07) is -0.392. The minimum Gasteiger partial charge on any atom is -0.464 e. The zero-order valence-electron chi connectivity index (χ0n) is 12.4. The molecule has 4 rings (SSSR count). The molecule has 0 aromatic carbocycles. The zero-order valence-corrected chi connectivity index (χ0v) is 12.4. The van der Waals surface area contributed by atoms with Crippen LogP contribution in [0.3, 0.4) is 0 Å². The van der Waals surface area contributed by atoms with Gasteiger partial charge in [0, 0.05) is 6.42 Å². The van der Waals surface area contributed by atoms with Crippen LogP contribution in [0, 0.1) is 0 Å². The van der Waals surface area contributed by atoms with Crippen LogP contribution in [0.5, 0.6) is 0 Å². The molecule has 0 bridgehead atoms. The number of hydrogen-bond donors (Lipinski definition) is 1. The fourth-order valence-electron chi connectivity index (χ4n) is 3.43. The molecule has 0 saturated carbocycles. The van der Waals surface area contributed by atoms with E-state index in [9.17, 15) is 9.90 Å². The summed E-state index contributed by atoms with van der Waals surface area (Å²) in [7, 11) is 1.28. The first-order chi connectivity index (χ1) is 10.4. The average Bonchev–Trinajstić information content (AvgIpc) is 3.07. The Labute approximate surface area is 126 Å². The van der Waals surface area contributed by atoms with Crippen LogP contribution in [0.2, 0.25) is 0 Å². The van der Waals surface area contributed by atoms with E-state index in [1.807, 2.05) is 0 Å². The van der Waals surface area contributed by atoms with E-state index in [0.717, 1.165) is 0 Å². The topological polar surface area (TPSA) is 105 Å². The minimum atomic E-state index is -0.791. The summed E-state index contributed by atoms with van der Waals surface area (Å²) in [5.41, 5.74) is 0.639. The number of fused-ring (bicyclic) bond motifs is 5. The minimum absolute atomic E-state index is 0.113. The fraction of sp³-hybridized carbons (Fsp3) is 0.769. The van der Waals surface area contributed by atoms with Crippen LogP contribution >= 0.6 is 0 Å². The molecule has 1 N–H and O–H groups in total. The number of methoxy groups -OCH3 is 1. The van der Waals surface area contributed by atoms with Crippen molar-refractivity contribution in [3.8, 4) is 0 Å². The van der Waals surface area contributed by atoms with E-state index in [1.165, 1.54) is 7.11 Å². The maximum Gasteiger partial charge on any atom is 0.360 e. The van der Waals surface area contributed by atoms with Gasteiger partial charge in [-0.2, -0.15) is 0 Å². The molecule has 2 saturated heterocycles. The van der Waals surface area contributed by atoms with Crippen LogP contribution in [0.15, 0.2) is 0 Å². The zero-order chi connectivity index (χ0) is 15.6. The molecule has 3 aliphatic heterocycles. The van der Waals surface area contributed by atoms with E-state index in [2.05, 4.69) is 10.3 Å². The Kier molecular flexibility index (Phi) is 2.86. The highest BCUT2D eigenvalue weighted by atomic mass is 16.8. The van der Waals surface area contributed by atoms with Crippen molar-refractivity contribution in [2.24, 2.45) is 0 Å². The molecule has 9 nitrogen and oxygen atoms in total. The van der Waals surface area contributed by atoms with Crippen molar-refractivity contribution >= 4 is 5.97 Å². The van der Waals surface area contributed by atoms with Crippen molar-refractivity contribution in [3.63, 3.8) is 0 Å². The van der Waals surface area contributed by atoms with Gasteiger partial charge in [-0.1, -0.05) is 5.21 Å². The Morgan fingerprint density at radius 2 is 2.18 bits per heavy atom. The highest BCUT2D eigenvalue weighted by Crippen LogP contribution is 2.46. The molecular weight excluding hydrogens is 294 g/mol. The molecule has 3 aliphatic rings. The Morgan fingerprint density at radius 3 is 2.91 bits per heavy atom. The van der Waals surface area contributed by atoms with Gasteiger partial charge in [-0.05, 0) is 13.8 Å². The highest BCUT2D eigenvalue weighted by Gasteiger charge is 2.59. The molecule has 0 amide bonds. The maximum atomic E-state index is 11.8. The number of aliphatic hydroxyl groups is 1. The number of nitrogens with zero attached hydrogens (tertiary/aromatic N) is 3. The van der Waals surface area contributed by atoms with Gasteiger partial charge in [0.05, 0.1) is 18.9 Å². The summed E-state index contributed by atoms with van der Waals surface area (Å²) >= 11 is 0. The van der Waals surface area contributed by atoms with Gasteiger partial charge in [-0.3, -0.25) is 0 Å². The van der Waals surface area contributed by atoms with Gasteiger partial charge < -0.3 is 24.1 Å². The molecule has 120 valence electrons. The van der Waals surface area contributed by atoms with Crippen molar-refractivity contribution in [2.75, 3.05) is 7.11 Å². The third-order valence-electron chi connectivity index (χ3n) is 4.29. The van der Waals surface area contributed by atoms with E-state index in [0.29, 0.717) is 5.69 Å². The third-order valence-corrected chi connectivity index (χ3v) is 4.29. The molecule has 1 aromatic rings. The first kappa shape index (κ1) is 14.1. The number of esters is 1. The summed E-state index contributed by atoms with van der Waals surface area (Å²) in [4.78, 5) is 11.8. The lowest BCUT2D eigenvalue weighted by Crippen LogP contribution is -2.44. The van der Waals surface area contributed by atoms with Crippen LogP contribution in [-0.4, -0.2) is 63.6 Å². The Bertz CT molecular complexity index is 629. The van der Waals surface area contributed by atoms with Gasteiger partial charge >= 0.3 is 5.97 Å². The molecule has 0 radical (unpaired) electrons. The second kappa shape index (κ2) is 4.48. The average molecular weight is 311 g/mol. The molecule has 0 spiro atoms. The van der Waals surface area contributed by atoms with Crippen molar-refractivity contribution < 1.29 is 28.8 Å². The number of carbonyl (C=O) groups excluding carboxylic acids is 1. The second-order valence-electron chi connectivity index (χ2n) is 6.15. The maximum absolute atomic E-state index is 11.8. The highest BCUT2D eigenvalue weighted by molar-refractivity contribution is 5.88. The molecule has 9 heteroatoms. The summed E-state index contributed by atoms with van der Waals surface area (Å²) in [6.45, 7) is 3.59. The number of carbonyl (C=O) groups is 1. The molecule has 2 fully saturated rings. The summed E-state index contributed by atoms with van der Waals surface area (Å²) in [5, 5.41) is 18.3. The Hall–Kier alpha value is -1.55. The number of hydrogen-bond acceptors (Lipinski definition) is 8. The van der Waals surface area contributed by atoms with Gasteiger partial charge in [0.1, 0.15) is 18.2 Å². The van der Waals surface area contributed by atoms with E-state index in [1.54, 1.807) is 18.5 Å². The summed E-state index contributed by atoms with van der Waals surface area (Å²) in [6.07, 6.45) is -2.08. The van der Waals surface area contributed by atoms with Crippen LogP contribution in [0.1, 0.15) is 36.1 Å².